The van der Waals surface area contributed by atoms with Crippen molar-refractivity contribution in [2.24, 2.45) is 5.73 Å². The molecular formula is C11H18ClFN2O2S. The molecule has 0 bridgehead atoms. The molecule has 1 aromatic carbocycles. The molecule has 3 N–H and O–H groups in total. The van der Waals surface area contributed by atoms with E-state index in [1.54, 1.807) is 6.92 Å². The van der Waals surface area contributed by atoms with E-state index < -0.39 is 15.8 Å². The first-order valence-electron chi connectivity index (χ1n) is 5.43. The number of hydrogen-bond acceptors (Lipinski definition) is 3. The standard InChI is InChI=1S/C11H17FN2O2S.ClH/c1-9-8-10(12)4-5-11(9)17(15,16)14-7-3-2-6-13;/h4-5,8,14H,2-3,6-7,13H2,1H3;1H. The Labute approximate surface area is 113 Å². The Balaban J connectivity index is 0.00000289. The number of nitrogens with one attached hydrogen (secondary N) is 1. The number of halogens is 2. The molecule has 0 aliphatic heterocycles. The van der Waals surface area contributed by atoms with Crippen LogP contribution in [0.25, 0.3) is 0 Å². The number of unbranched alkanes of at least 4 members (excludes halogenated alkanes) is 1. The monoisotopic (exact) mass is 296 g/mol. The molecule has 4 nitrogen and oxygen atoms in total. The van der Waals surface area contributed by atoms with Gasteiger partial charge in [0.15, 0.2) is 0 Å². The Bertz CT molecular complexity index is 480. The summed E-state index contributed by atoms with van der Waals surface area (Å²) >= 11 is 0. The third-order valence-electron chi connectivity index (χ3n) is 2.35. The molecule has 0 aliphatic rings. The third-order valence-corrected chi connectivity index (χ3v) is 3.97. The van der Waals surface area contributed by atoms with Crippen molar-refractivity contribution in [1.29, 1.82) is 0 Å². The van der Waals surface area contributed by atoms with Gasteiger partial charge in [0.25, 0.3) is 0 Å². The van der Waals surface area contributed by atoms with Crippen molar-refractivity contribution >= 4 is 22.4 Å². The van der Waals surface area contributed by atoms with E-state index in [1.807, 2.05) is 0 Å². The highest BCUT2D eigenvalue weighted by molar-refractivity contribution is 7.89. The maximum atomic E-state index is 12.9. The van der Waals surface area contributed by atoms with Crippen molar-refractivity contribution < 1.29 is 12.8 Å². The summed E-state index contributed by atoms with van der Waals surface area (Å²) in [7, 11) is -3.55. The average Bonchev–Trinajstić information content (AvgIpc) is 2.24. The van der Waals surface area contributed by atoms with Gasteiger partial charge in [0.1, 0.15) is 5.82 Å². The van der Waals surface area contributed by atoms with E-state index in [4.69, 9.17) is 5.73 Å². The first kappa shape index (κ1) is 17.3. The summed E-state index contributed by atoms with van der Waals surface area (Å²) in [6, 6.07) is 3.62. The zero-order chi connectivity index (χ0) is 12.9. The highest BCUT2D eigenvalue weighted by Gasteiger charge is 2.16. The lowest BCUT2D eigenvalue weighted by Crippen LogP contribution is -2.25. The number of benzene rings is 1. The summed E-state index contributed by atoms with van der Waals surface area (Å²) < 4.78 is 39.0. The van der Waals surface area contributed by atoms with Gasteiger partial charge in [0, 0.05) is 6.54 Å². The summed E-state index contributed by atoms with van der Waals surface area (Å²) in [5.41, 5.74) is 5.71. The number of rotatable bonds is 6. The molecular weight excluding hydrogens is 279 g/mol. The fraction of sp³-hybridized carbons (Fsp3) is 0.455. The largest absolute Gasteiger partial charge is 0.330 e. The van der Waals surface area contributed by atoms with Gasteiger partial charge in [-0.05, 0) is 50.1 Å². The summed E-state index contributed by atoms with van der Waals surface area (Å²) in [5, 5.41) is 0. The molecule has 7 heteroatoms. The van der Waals surface area contributed by atoms with E-state index >= 15 is 0 Å². The van der Waals surface area contributed by atoms with Crippen molar-refractivity contribution in [2.45, 2.75) is 24.7 Å². The van der Waals surface area contributed by atoms with Crippen LogP contribution in [0.4, 0.5) is 4.39 Å². The Morgan fingerprint density at radius 2 is 2.00 bits per heavy atom. The smallest absolute Gasteiger partial charge is 0.240 e. The molecule has 0 spiro atoms. The minimum Gasteiger partial charge on any atom is -0.330 e. The molecule has 104 valence electrons. The van der Waals surface area contributed by atoms with Gasteiger partial charge in [0.05, 0.1) is 4.90 Å². The van der Waals surface area contributed by atoms with Crippen LogP contribution in [0.1, 0.15) is 18.4 Å². The first-order valence-corrected chi connectivity index (χ1v) is 6.91. The summed E-state index contributed by atoms with van der Waals surface area (Å²) in [4.78, 5) is 0.117. The molecule has 0 radical (unpaired) electrons. The number of sulfonamides is 1. The summed E-state index contributed by atoms with van der Waals surface area (Å²) in [6.07, 6.45) is 1.46. The van der Waals surface area contributed by atoms with Gasteiger partial charge >= 0.3 is 0 Å². The van der Waals surface area contributed by atoms with Crippen LogP contribution in [0.3, 0.4) is 0 Å². The Kier molecular flexibility index (Phi) is 7.39. The molecule has 1 aromatic rings. The fourth-order valence-corrected chi connectivity index (χ4v) is 2.77. The van der Waals surface area contributed by atoms with Gasteiger partial charge in [-0.15, -0.1) is 12.4 Å². The quantitative estimate of drug-likeness (QED) is 0.783. The number of nitrogens with two attached hydrogens (primary N) is 1. The third kappa shape index (κ3) is 4.89. The second kappa shape index (κ2) is 7.68. The molecule has 0 saturated heterocycles. The van der Waals surface area contributed by atoms with Crippen LogP contribution in [0.5, 0.6) is 0 Å². The second-order valence-electron chi connectivity index (χ2n) is 3.80. The maximum absolute atomic E-state index is 12.9. The Hall–Kier alpha value is -0.690. The lowest BCUT2D eigenvalue weighted by molar-refractivity contribution is 0.575. The van der Waals surface area contributed by atoms with Gasteiger partial charge in [-0.1, -0.05) is 0 Å². The second-order valence-corrected chi connectivity index (χ2v) is 5.54. The number of aryl methyl sites for hydroxylation is 1. The van der Waals surface area contributed by atoms with Gasteiger partial charge in [-0.25, -0.2) is 17.5 Å². The minimum atomic E-state index is -3.55. The molecule has 0 aromatic heterocycles. The average molecular weight is 297 g/mol. The van der Waals surface area contributed by atoms with Crippen LogP contribution < -0.4 is 10.5 Å². The summed E-state index contributed by atoms with van der Waals surface area (Å²) in [5.74, 6) is -0.440. The fourth-order valence-electron chi connectivity index (χ4n) is 1.47. The molecule has 0 atom stereocenters. The highest BCUT2D eigenvalue weighted by Crippen LogP contribution is 2.15. The van der Waals surface area contributed by atoms with Crippen LogP contribution in [0.15, 0.2) is 23.1 Å². The Morgan fingerprint density at radius 1 is 1.33 bits per heavy atom. The van der Waals surface area contributed by atoms with Crippen molar-refractivity contribution in [1.82, 2.24) is 4.72 Å². The van der Waals surface area contributed by atoms with Crippen LogP contribution in [-0.2, 0) is 10.0 Å². The normalized spacial score (nSPS) is 11.1. The topological polar surface area (TPSA) is 72.2 Å². The van der Waals surface area contributed by atoms with Crippen molar-refractivity contribution in [3.63, 3.8) is 0 Å². The Morgan fingerprint density at radius 3 is 2.56 bits per heavy atom. The highest BCUT2D eigenvalue weighted by atomic mass is 35.5. The molecule has 0 heterocycles. The zero-order valence-electron chi connectivity index (χ0n) is 10.1. The van der Waals surface area contributed by atoms with Crippen LogP contribution in [0.2, 0.25) is 0 Å². The van der Waals surface area contributed by atoms with Gasteiger partial charge < -0.3 is 5.73 Å². The molecule has 0 fully saturated rings. The maximum Gasteiger partial charge on any atom is 0.240 e. The van der Waals surface area contributed by atoms with E-state index in [9.17, 15) is 12.8 Å². The van der Waals surface area contributed by atoms with Gasteiger partial charge in [-0.3, -0.25) is 0 Å². The molecule has 0 amide bonds. The predicted octanol–water partition coefficient (Wildman–Crippen LogP) is 1.57. The SMILES string of the molecule is Cc1cc(F)ccc1S(=O)(=O)NCCCCN.Cl. The zero-order valence-corrected chi connectivity index (χ0v) is 11.8. The first-order chi connectivity index (χ1) is 7.97. The molecule has 0 saturated carbocycles. The molecule has 0 aliphatic carbocycles. The minimum absolute atomic E-state index is 0. The van der Waals surface area contributed by atoms with E-state index in [0.29, 0.717) is 25.1 Å². The van der Waals surface area contributed by atoms with E-state index in [2.05, 4.69) is 4.72 Å². The predicted molar refractivity (Wildman–Crippen MR) is 71.9 cm³/mol. The van der Waals surface area contributed by atoms with Crippen molar-refractivity contribution in [3.05, 3.63) is 29.6 Å². The van der Waals surface area contributed by atoms with Crippen molar-refractivity contribution in [2.75, 3.05) is 13.1 Å². The van der Waals surface area contributed by atoms with Crippen LogP contribution >= 0.6 is 12.4 Å². The molecule has 1 rings (SSSR count). The van der Waals surface area contributed by atoms with Crippen LogP contribution in [0, 0.1) is 12.7 Å². The van der Waals surface area contributed by atoms with Gasteiger partial charge in [0.2, 0.25) is 10.0 Å². The summed E-state index contributed by atoms with van der Waals surface area (Å²) in [6.45, 7) is 2.45. The van der Waals surface area contributed by atoms with Gasteiger partial charge in [-0.2, -0.15) is 0 Å². The van der Waals surface area contributed by atoms with E-state index in [-0.39, 0.29) is 17.3 Å². The van der Waals surface area contributed by atoms with Crippen LogP contribution in [-0.4, -0.2) is 21.5 Å². The molecule has 18 heavy (non-hydrogen) atoms. The number of hydrogen-bond donors (Lipinski definition) is 2. The molecule has 0 unspecified atom stereocenters. The van der Waals surface area contributed by atoms with E-state index in [1.165, 1.54) is 12.1 Å². The van der Waals surface area contributed by atoms with E-state index in [0.717, 1.165) is 12.5 Å². The van der Waals surface area contributed by atoms with Crippen molar-refractivity contribution in [3.8, 4) is 0 Å². The lowest BCUT2D eigenvalue weighted by atomic mass is 10.2. The lowest BCUT2D eigenvalue weighted by Gasteiger charge is -2.08.